The summed E-state index contributed by atoms with van der Waals surface area (Å²) in [6.45, 7) is 0. The Morgan fingerprint density at radius 1 is 1.41 bits per heavy atom. The van der Waals surface area contributed by atoms with Crippen molar-refractivity contribution in [2.75, 3.05) is 0 Å². The Morgan fingerprint density at radius 3 is 2.59 bits per heavy atom. The van der Waals surface area contributed by atoms with Gasteiger partial charge >= 0.3 is 0 Å². The first kappa shape index (κ1) is 12.3. The van der Waals surface area contributed by atoms with E-state index >= 15 is 0 Å². The van der Waals surface area contributed by atoms with E-state index in [0.29, 0.717) is 4.99 Å². The summed E-state index contributed by atoms with van der Waals surface area (Å²) < 4.78 is 1.57. The molecule has 0 amide bonds. The maximum absolute atomic E-state index is 11.7. The van der Waals surface area contributed by atoms with Crippen LogP contribution in [0.25, 0.3) is 0 Å². The van der Waals surface area contributed by atoms with Gasteiger partial charge in [0.05, 0.1) is 4.99 Å². The monoisotopic (exact) mass is 250 g/mol. The maximum atomic E-state index is 11.7. The number of hydrogen-bond donors (Lipinski definition) is 1. The second kappa shape index (κ2) is 4.61. The molecular formula is C13H18N2OS. The molecule has 3 nitrogen and oxygen atoms in total. The molecule has 0 aromatic carbocycles. The lowest BCUT2D eigenvalue weighted by Gasteiger charge is -2.36. The highest BCUT2D eigenvalue weighted by Crippen LogP contribution is 2.39. The molecule has 1 fully saturated rings. The fourth-order valence-electron chi connectivity index (χ4n) is 2.68. The van der Waals surface area contributed by atoms with E-state index in [2.05, 4.69) is 0 Å². The Balaban J connectivity index is 2.49. The first-order valence-electron chi connectivity index (χ1n) is 6.03. The highest BCUT2D eigenvalue weighted by molar-refractivity contribution is 7.80. The van der Waals surface area contributed by atoms with E-state index in [0.717, 1.165) is 31.2 Å². The Hall–Kier alpha value is -1.16. The second-order valence-electron chi connectivity index (χ2n) is 4.87. The molecule has 1 saturated carbocycles. The number of aromatic nitrogens is 1. The zero-order valence-electron chi connectivity index (χ0n) is 10.1. The van der Waals surface area contributed by atoms with Gasteiger partial charge < -0.3 is 10.3 Å². The van der Waals surface area contributed by atoms with Crippen LogP contribution < -0.4 is 11.3 Å². The first-order chi connectivity index (χ1) is 8.06. The van der Waals surface area contributed by atoms with Crippen LogP contribution in [0.3, 0.4) is 0 Å². The van der Waals surface area contributed by atoms with Gasteiger partial charge in [-0.25, -0.2) is 0 Å². The van der Waals surface area contributed by atoms with Gasteiger partial charge in [0.15, 0.2) is 0 Å². The van der Waals surface area contributed by atoms with Gasteiger partial charge in [0, 0.05) is 24.7 Å². The van der Waals surface area contributed by atoms with Crippen LogP contribution in [0.4, 0.5) is 0 Å². The predicted molar refractivity (Wildman–Crippen MR) is 73.2 cm³/mol. The van der Waals surface area contributed by atoms with Crippen molar-refractivity contribution in [3.8, 4) is 0 Å². The number of rotatable bonds is 2. The largest absolute Gasteiger partial charge is 0.393 e. The average Bonchev–Trinajstić information content (AvgIpc) is 2.33. The van der Waals surface area contributed by atoms with E-state index in [9.17, 15) is 4.79 Å². The lowest BCUT2D eigenvalue weighted by molar-refractivity contribution is 0.381. The molecule has 0 saturated heterocycles. The van der Waals surface area contributed by atoms with Crippen molar-refractivity contribution in [1.29, 1.82) is 0 Å². The summed E-state index contributed by atoms with van der Waals surface area (Å²) >= 11 is 5.25. The summed E-state index contributed by atoms with van der Waals surface area (Å²) in [5.41, 5.74) is 6.69. The molecule has 1 aliphatic carbocycles. The third kappa shape index (κ3) is 2.14. The molecule has 0 radical (unpaired) electrons. The third-order valence-corrected chi connectivity index (χ3v) is 4.23. The van der Waals surface area contributed by atoms with Crippen molar-refractivity contribution in [1.82, 2.24) is 4.57 Å². The van der Waals surface area contributed by atoms with Crippen LogP contribution in [-0.4, -0.2) is 9.56 Å². The summed E-state index contributed by atoms with van der Waals surface area (Å²) in [4.78, 5) is 12.3. The van der Waals surface area contributed by atoms with Crippen LogP contribution >= 0.6 is 12.2 Å². The van der Waals surface area contributed by atoms with Gasteiger partial charge in [0.25, 0.3) is 5.56 Å². The highest BCUT2D eigenvalue weighted by atomic mass is 32.1. The molecule has 0 unspecified atom stereocenters. The van der Waals surface area contributed by atoms with Crippen LogP contribution in [0.1, 0.15) is 37.7 Å². The Morgan fingerprint density at radius 2 is 2.06 bits per heavy atom. The Bertz CT molecular complexity index is 486. The van der Waals surface area contributed by atoms with Crippen molar-refractivity contribution in [2.45, 2.75) is 37.5 Å². The van der Waals surface area contributed by atoms with Crippen molar-refractivity contribution >= 4 is 17.2 Å². The highest BCUT2D eigenvalue weighted by Gasteiger charge is 2.37. The molecule has 1 aromatic heterocycles. The SMILES string of the molecule is Cn1ccc(C2(C(N)=S)CCCCC2)cc1=O. The van der Waals surface area contributed by atoms with Crippen LogP contribution in [-0.2, 0) is 12.5 Å². The number of nitrogens with two attached hydrogens (primary N) is 1. The van der Waals surface area contributed by atoms with Crippen LogP contribution in [0.15, 0.2) is 23.1 Å². The molecule has 92 valence electrons. The molecule has 0 atom stereocenters. The average molecular weight is 250 g/mol. The lowest BCUT2D eigenvalue weighted by Crippen LogP contribution is -2.42. The molecule has 17 heavy (non-hydrogen) atoms. The number of thiocarbonyl (C=S) groups is 1. The minimum atomic E-state index is -0.249. The van der Waals surface area contributed by atoms with E-state index < -0.39 is 0 Å². The molecule has 1 aromatic rings. The van der Waals surface area contributed by atoms with Gasteiger partial charge in [-0.1, -0.05) is 31.5 Å². The quantitative estimate of drug-likeness (QED) is 0.815. The molecule has 2 N–H and O–H groups in total. The van der Waals surface area contributed by atoms with Crippen molar-refractivity contribution < 1.29 is 0 Å². The number of nitrogens with zero attached hydrogens (tertiary/aromatic N) is 1. The normalized spacial score (nSPS) is 18.9. The molecule has 4 heteroatoms. The third-order valence-electron chi connectivity index (χ3n) is 3.84. The van der Waals surface area contributed by atoms with E-state index in [1.165, 1.54) is 6.42 Å². The van der Waals surface area contributed by atoms with Crippen molar-refractivity contribution in [2.24, 2.45) is 12.8 Å². The van der Waals surface area contributed by atoms with Crippen LogP contribution in [0, 0.1) is 0 Å². The van der Waals surface area contributed by atoms with E-state index in [1.807, 2.05) is 6.07 Å². The van der Waals surface area contributed by atoms with Gasteiger partial charge in [-0.2, -0.15) is 0 Å². The molecule has 0 bridgehead atoms. The second-order valence-corrected chi connectivity index (χ2v) is 5.31. The molecule has 1 aliphatic rings. The van der Waals surface area contributed by atoms with Gasteiger partial charge in [-0.05, 0) is 24.5 Å². The van der Waals surface area contributed by atoms with E-state index in [-0.39, 0.29) is 11.0 Å². The minimum Gasteiger partial charge on any atom is -0.393 e. The molecule has 2 rings (SSSR count). The fourth-order valence-corrected chi connectivity index (χ4v) is 3.00. The summed E-state index contributed by atoms with van der Waals surface area (Å²) in [6.07, 6.45) is 7.23. The number of pyridine rings is 1. The van der Waals surface area contributed by atoms with Crippen LogP contribution in [0.5, 0.6) is 0 Å². The summed E-state index contributed by atoms with van der Waals surface area (Å²) in [7, 11) is 1.75. The molecule has 0 aliphatic heterocycles. The maximum Gasteiger partial charge on any atom is 0.250 e. The fraction of sp³-hybridized carbons (Fsp3) is 0.538. The zero-order valence-corrected chi connectivity index (χ0v) is 10.9. The zero-order chi connectivity index (χ0) is 12.5. The predicted octanol–water partition coefficient (Wildman–Crippen LogP) is 1.87. The van der Waals surface area contributed by atoms with Crippen molar-refractivity contribution in [3.63, 3.8) is 0 Å². The van der Waals surface area contributed by atoms with Crippen molar-refractivity contribution in [3.05, 3.63) is 34.2 Å². The topological polar surface area (TPSA) is 48.0 Å². The molecular weight excluding hydrogens is 232 g/mol. The summed E-state index contributed by atoms with van der Waals surface area (Å²) in [6, 6.07) is 3.66. The number of hydrogen-bond acceptors (Lipinski definition) is 2. The Labute approximate surface area is 107 Å². The Kier molecular flexibility index (Phi) is 3.33. The first-order valence-corrected chi connectivity index (χ1v) is 6.44. The standard InChI is InChI=1S/C13H18N2OS/c1-15-8-5-10(9-11(15)16)13(12(14)17)6-3-2-4-7-13/h5,8-9H,2-4,6-7H2,1H3,(H2,14,17). The van der Waals surface area contributed by atoms with Gasteiger partial charge in [0.1, 0.15) is 0 Å². The number of aryl methyl sites for hydroxylation is 1. The lowest BCUT2D eigenvalue weighted by atomic mass is 9.69. The smallest absolute Gasteiger partial charge is 0.250 e. The molecule has 0 spiro atoms. The van der Waals surface area contributed by atoms with E-state index in [4.69, 9.17) is 18.0 Å². The van der Waals surface area contributed by atoms with E-state index in [1.54, 1.807) is 23.9 Å². The summed E-state index contributed by atoms with van der Waals surface area (Å²) in [5, 5.41) is 0. The van der Waals surface area contributed by atoms with Gasteiger partial charge in [0.2, 0.25) is 0 Å². The van der Waals surface area contributed by atoms with Crippen LogP contribution in [0.2, 0.25) is 0 Å². The minimum absolute atomic E-state index is 0.00342. The van der Waals surface area contributed by atoms with Gasteiger partial charge in [-0.3, -0.25) is 4.79 Å². The summed E-state index contributed by atoms with van der Waals surface area (Å²) in [5.74, 6) is 0. The molecule has 1 heterocycles. The van der Waals surface area contributed by atoms with Gasteiger partial charge in [-0.15, -0.1) is 0 Å².